The number of halogens is 1. The SMILES string of the molecule is CCN(CCOC)C(=O)Nc1cccc(F)c1C(=O)O. The predicted octanol–water partition coefficient (Wildman–Crippen LogP) is 2.02. The molecule has 0 spiro atoms. The van der Waals surface area contributed by atoms with E-state index >= 15 is 0 Å². The molecule has 1 aromatic carbocycles. The van der Waals surface area contributed by atoms with Crippen molar-refractivity contribution in [3.8, 4) is 0 Å². The normalized spacial score (nSPS) is 10.2. The van der Waals surface area contributed by atoms with Gasteiger partial charge in [-0.1, -0.05) is 6.07 Å². The molecular formula is C13H17FN2O4. The number of hydrogen-bond acceptors (Lipinski definition) is 3. The van der Waals surface area contributed by atoms with Crippen LogP contribution in [-0.2, 0) is 4.74 Å². The van der Waals surface area contributed by atoms with Crippen LogP contribution < -0.4 is 5.32 Å². The van der Waals surface area contributed by atoms with Crippen LogP contribution in [0.1, 0.15) is 17.3 Å². The molecule has 0 saturated carbocycles. The maximum absolute atomic E-state index is 13.5. The van der Waals surface area contributed by atoms with Gasteiger partial charge in [-0.05, 0) is 19.1 Å². The summed E-state index contributed by atoms with van der Waals surface area (Å²) in [4.78, 5) is 24.4. The highest BCUT2D eigenvalue weighted by atomic mass is 19.1. The summed E-state index contributed by atoms with van der Waals surface area (Å²) < 4.78 is 18.4. The van der Waals surface area contributed by atoms with E-state index in [1.807, 2.05) is 0 Å². The van der Waals surface area contributed by atoms with Crippen molar-refractivity contribution < 1.29 is 23.8 Å². The van der Waals surface area contributed by atoms with Gasteiger partial charge in [0.05, 0.1) is 12.3 Å². The van der Waals surface area contributed by atoms with Gasteiger partial charge in [0.1, 0.15) is 11.4 Å². The molecule has 0 aliphatic heterocycles. The fourth-order valence-corrected chi connectivity index (χ4v) is 1.64. The topological polar surface area (TPSA) is 78.9 Å². The molecule has 0 unspecified atom stereocenters. The van der Waals surface area contributed by atoms with Crippen LogP contribution in [-0.4, -0.2) is 48.8 Å². The highest BCUT2D eigenvalue weighted by Crippen LogP contribution is 2.19. The monoisotopic (exact) mass is 284 g/mol. The third kappa shape index (κ3) is 3.92. The number of anilines is 1. The van der Waals surface area contributed by atoms with Crippen LogP contribution in [0.3, 0.4) is 0 Å². The molecule has 1 rings (SSSR count). The van der Waals surface area contributed by atoms with E-state index in [9.17, 15) is 14.0 Å². The number of carboxylic acid groups (broad SMARTS) is 1. The summed E-state index contributed by atoms with van der Waals surface area (Å²) in [5, 5.41) is 11.4. The lowest BCUT2D eigenvalue weighted by molar-refractivity contribution is 0.0693. The molecule has 0 bridgehead atoms. The third-order valence-corrected chi connectivity index (χ3v) is 2.70. The number of benzene rings is 1. The number of hydrogen-bond donors (Lipinski definition) is 2. The molecule has 1 aromatic rings. The number of carbonyl (C=O) groups is 2. The Bertz CT molecular complexity index is 493. The number of nitrogens with one attached hydrogen (secondary N) is 1. The smallest absolute Gasteiger partial charge is 0.340 e. The summed E-state index contributed by atoms with van der Waals surface area (Å²) in [5.74, 6) is -2.33. The maximum atomic E-state index is 13.5. The molecule has 0 aliphatic rings. The third-order valence-electron chi connectivity index (χ3n) is 2.70. The summed E-state index contributed by atoms with van der Waals surface area (Å²) in [6.45, 7) is 2.92. The fourth-order valence-electron chi connectivity index (χ4n) is 1.64. The molecule has 0 saturated heterocycles. The van der Waals surface area contributed by atoms with Gasteiger partial charge < -0.3 is 20.1 Å². The fraction of sp³-hybridized carbons (Fsp3) is 0.385. The number of urea groups is 1. The zero-order valence-corrected chi connectivity index (χ0v) is 11.4. The summed E-state index contributed by atoms with van der Waals surface area (Å²) >= 11 is 0. The zero-order valence-electron chi connectivity index (χ0n) is 11.4. The van der Waals surface area contributed by atoms with E-state index < -0.39 is 23.4 Å². The molecule has 0 radical (unpaired) electrons. The van der Waals surface area contributed by atoms with Gasteiger partial charge >= 0.3 is 12.0 Å². The zero-order chi connectivity index (χ0) is 15.1. The number of carboxylic acids is 1. The Labute approximate surface area is 116 Å². The van der Waals surface area contributed by atoms with Gasteiger partial charge in [-0.25, -0.2) is 14.0 Å². The second-order valence-corrected chi connectivity index (χ2v) is 3.97. The van der Waals surface area contributed by atoms with Crippen molar-refractivity contribution in [3.63, 3.8) is 0 Å². The van der Waals surface area contributed by atoms with Crippen molar-refractivity contribution in [2.24, 2.45) is 0 Å². The Balaban J connectivity index is 2.89. The molecule has 7 heteroatoms. The van der Waals surface area contributed by atoms with E-state index in [0.717, 1.165) is 6.07 Å². The predicted molar refractivity (Wildman–Crippen MR) is 71.5 cm³/mol. The Morgan fingerprint density at radius 1 is 1.45 bits per heavy atom. The van der Waals surface area contributed by atoms with Gasteiger partial charge in [-0.15, -0.1) is 0 Å². The first-order valence-corrected chi connectivity index (χ1v) is 6.07. The van der Waals surface area contributed by atoms with Crippen molar-refractivity contribution in [1.29, 1.82) is 0 Å². The van der Waals surface area contributed by atoms with Crippen LogP contribution in [0.15, 0.2) is 18.2 Å². The van der Waals surface area contributed by atoms with E-state index in [0.29, 0.717) is 19.7 Å². The molecule has 0 heterocycles. The molecule has 20 heavy (non-hydrogen) atoms. The first kappa shape index (κ1) is 15.9. The number of likely N-dealkylation sites (N-methyl/N-ethyl adjacent to an activating group) is 1. The second kappa shape index (κ2) is 7.44. The van der Waals surface area contributed by atoms with Crippen LogP contribution in [0.2, 0.25) is 0 Å². The van der Waals surface area contributed by atoms with Crippen molar-refractivity contribution in [3.05, 3.63) is 29.6 Å². The van der Waals surface area contributed by atoms with E-state index in [4.69, 9.17) is 9.84 Å². The quantitative estimate of drug-likeness (QED) is 0.837. The van der Waals surface area contributed by atoms with Crippen molar-refractivity contribution >= 4 is 17.7 Å². The highest BCUT2D eigenvalue weighted by molar-refractivity contribution is 6.00. The Morgan fingerprint density at radius 2 is 2.15 bits per heavy atom. The molecule has 2 amide bonds. The molecule has 0 aromatic heterocycles. The van der Waals surface area contributed by atoms with Gasteiger partial charge in [0.2, 0.25) is 0 Å². The molecule has 0 atom stereocenters. The lowest BCUT2D eigenvalue weighted by Crippen LogP contribution is -2.37. The molecule has 2 N–H and O–H groups in total. The van der Waals surface area contributed by atoms with Gasteiger partial charge in [-0.2, -0.15) is 0 Å². The van der Waals surface area contributed by atoms with Crippen molar-refractivity contribution in [2.45, 2.75) is 6.92 Å². The minimum Gasteiger partial charge on any atom is -0.478 e. The second-order valence-electron chi connectivity index (χ2n) is 3.97. The first-order valence-electron chi connectivity index (χ1n) is 6.07. The number of methoxy groups -OCH3 is 1. The minimum absolute atomic E-state index is 0.0710. The number of carbonyl (C=O) groups excluding carboxylic acids is 1. The van der Waals surface area contributed by atoms with E-state index in [1.54, 1.807) is 6.92 Å². The van der Waals surface area contributed by atoms with Crippen LogP contribution in [0.25, 0.3) is 0 Å². The standard InChI is InChI=1S/C13H17FN2O4/c1-3-16(7-8-20-2)13(19)15-10-6-4-5-9(14)11(10)12(17)18/h4-6H,3,7-8H2,1-2H3,(H,15,19)(H,17,18). The number of rotatable bonds is 6. The average Bonchev–Trinajstić information content (AvgIpc) is 2.39. The molecule has 110 valence electrons. The molecular weight excluding hydrogens is 267 g/mol. The number of ether oxygens (including phenoxy) is 1. The molecule has 6 nitrogen and oxygen atoms in total. The van der Waals surface area contributed by atoms with Crippen LogP contribution in [0.5, 0.6) is 0 Å². The van der Waals surface area contributed by atoms with Gasteiger partial charge in [0.25, 0.3) is 0 Å². The van der Waals surface area contributed by atoms with E-state index in [2.05, 4.69) is 5.32 Å². The summed E-state index contributed by atoms with van der Waals surface area (Å²) in [6, 6.07) is 3.21. The largest absolute Gasteiger partial charge is 0.478 e. The van der Waals surface area contributed by atoms with Crippen LogP contribution in [0, 0.1) is 5.82 Å². The Morgan fingerprint density at radius 3 is 2.70 bits per heavy atom. The summed E-state index contributed by atoms with van der Waals surface area (Å²) in [6.07, 6.45) is 0. The summed E-state index contributed by atoms with van der Waals surface area (Å²) in [7, 11) is 1.51. The van der Waals surface area contributed by atoms with Gasteiger partial charge in [0, 0.05) is 20.2 Å². The first-order chi connectivity index (χ1) is 9.51. The van der Waals surface area contributed by atoms with Crippen molar-refractivity contribution in [2.75, 3.05) is 32.1 Å². The van der Waals surface area contributed by atoms with Crippen LogP contribution in [0.4, 0.5) is 14.9 Å². The highest BCUT2D eigenvalue weighted by Gasteiger charge is 2.19. The lowest BCUT2D eigenvalue weighted by Gasteiger charge is -2.21. The average molecular weight is 284 g/mol. The van der Waals surface area contributed by atoms with Gasteiger partial charge in [0.15, 0.2) is 0 Å². The van der Waals surface area contributed by atoms with Crippen molar-refractivity contribution in [1.82, 2.24) is 4.90 Å². The molecule has 0 fully saturated rings. The summed E-state index contributed by atoms with van der Waals surface area (Å²) in [5.41, 5.74) is -0.623. The van der Waals surface area contributed by atoms with Gasteiger partial charge in [-0.3, -0.25) is 0 Å². The van der Waals surface area contributed by atoms with E-state index in [-0.39, 0.29) is 5.69 Å². The molecule has 0 aliphatic carbocycles. The maximum Gasteiger partial charge on any atom is 0.340 e. The lowest BCUT2D eigenvalue weighted by atomic mass is 10.1. The minimum atomic E-state index is -1.43. The number of aromatic carboxylic acids is 1. The number of nitrogens with zero attached hydrogens (tertiary/aromatic N) is 1. The van der Waals surface area contributed by atoms with Crippen LogP contribution >= 0.6 is 0 Å². The van der Waals surface area contributed by atoms with E-state index in [1.165, 1.54) is 24.1 Å². The number of amides is 2. The Hall–Kier alpha value is -2.15. The Kier molecular flexibility index (Phi) is 5.92.